The second kappa shape index (κ2) is 8.86. The highest BCUT2D eigenvalue weighted by Gasteiger charge is 2.12. The molecule has 0 aliphatic heterocycles. The Bertz CT molecular complexity index is 453. The molecule has 1 aliphatic rings. The van der Waals surface area contributed by atoms with Crippen molar-refractivity contribution in [2.24, 2.45) is 0 Å². The number of amides is 1. The first kappa shape index (κ1) is 16.1. The number of benzene rings is 1. The number of rotatable bonds is 8. The second-order valence-corrected chi connectivity index (χ2v) is 6.21. The lowest BCUT2D eigenvalue weighted by Gasteiger charge is -2.16. The van der Waals surface area contributed by atoms with Crippen molar-refractivity contribution < 1.29 is 4.79 Å². The molecule has 0 spiro atoms. The topological polar surface area (TPSA) is 29.1 Å². The quantitative estimate of drug-likeness (QED) is 0.692. The average Bonchev–Trinajstić information content (AvgIpc) is 2.53. The van der Waals surface area contributed by atoms with Crippen LogP contribution >= 0.6 is 0 Å². The van der Waals surface area contributed by atoms with Gasteiger partial charge in [-0.2, -0.15) is 0 Å². The molecule has 1 amide bonds. The zero-order valence-electron chi connectivity index (χ0n) is 13.4. The van der Waals surface area contributed by atoms with Crippen molar-refractivity contribution in [2.45, 2.75) is 71.1 Å². The Morgan fingerprint density at radius 3 is 2.52 bits per heavy atom. The molecule has 1 aromatic carbocycles. The van der Waals surface area contributed by atoms with Crippen LogP contribution in [0.3, 0.4) is 0 Å². The minimum Gasteiger partial charge on any atom is -0.352 e. The molecule has 1 N–H and O–H groups in total. The summed E-state index contributed by atoms with van der Waals surface area (Å²) in [5, 5.41) is 3.06. The number of carbonyl (C=O) groups is 1. The van der Waals surface area contributed by atoms with Gasteiger partial charge in [0.05, 0.1) is 0 Å². The number of unbranched alkanes of at least 4 members (excludes halogenated alkanes) is 5. The van der Waals surface area contributed by atoms with Gasteiger partial charge in [-0.05, 0) is 55.4 Å². The summed E-state index contributed by atoms with van der Waals surface area (Å²) >= 11 is 0. The highest BCUT2D eigenvalue weighted by atomic mass is 16.1. The van der Waals surface area contributed by atoms with Gasteiger partial charge in [0.1, 0.15) is 0 Å². The van der Waals surface area contributed by atoms with Crippen LogP contribution in [0.5, 0.6) is 0 Å². The molecule has 1 aromatic rings. The monoisotopic (exact) mass is 287 g/mol. The number of aryl methyl sites for hydroxylation is 2. The molecule has 0 bridgehead atoms. The van der Waals surface area contributed by atoms with Crippen LogP contribution in [-0.4, -0.2) is 12.5 Å². The van der Waals surface area contributed by atoms with Crippen LogP contribution < -0.4 is 5.32 Å². The van der Waals surface area contributed by atoms with Gasteiger partial charge in [0.2, 0.25) is 0 Å². The normalized spacial score (nSPS) is 13.8. The number of nitrogens with one attached hydrogen (secondary N) is 1. The lowest BCUT2D eigenvalue weighted by molar-refractivity contribution is 0.0953. The molecule has 0 saturated carbocycles. The van der Waals surface area contributed by atoms with E-state index in [1.54, 1.807) is 0 Å². The maximum absolute atomic E-state index is 12.2. The fraction of sp³-hybridized carbons (Fsp3) is 0.632. The van der Waals surface area contributed by atoms with Crippen molar-refractivity contribution in [3.05, 3.63) is 34.9 Å². The van der Waals surface area contributed by atoms with Gasteiger partial charge in [-0.15, -0.1) is 0 Å². The first-order chi connectivity index (χ1) is 10.3. The standard InChI is InChI=1S/C19H29NO/c1-2-3-4-5-6-9-14-20-19(21)18-13-12-16-10-7-8-11-17(16)15-18/h12-13,15H,2-11,14H2,1H3,(H,20,21). The van der Waals surface area contributed by atoms with Gasteiger partial charge in [-0.3, -0.25) is 4.79 Å². The molecule has 21 heavy (non-hydrogen) atoms. The van der Waals surface area contributed by atoms with Crippen LogP contribution in [0.4, 0.5) is 0 Å². The van der Waals surface area contributed by atoms with E-state index in [-0.39, 0.29) is 5.91 Å². The Morgan fingerprint density at radius 1 is 1.00 bits per heavy atom. The van der Waals surface area contributed by atoms with E-state index < -0.39 is 0 Å². The van der Waals surface area contributed by atoms with Gasteiger partial charge in [-0.25, -0.2) is 0 Å². The largest absolute Gasteiger partial charge is 0.352 e. The Labute approximate surface area is 129 Å². The minimum absolute atomic E-state index is 0.0944. The van der Waals surface area contributed by atoms with Crippen LogP contribution in [0.2, 0.25) is 0 Å². The molecule has 2 rings (SSSR count). The molecule has 0 fully saturated rings. The van der Waals surface area contributed by atoms with E-state index in [0.717, 1.165) is 24.9 Å². The maximum Gasteiger partial charge on any atom is 0.251 e. The van der Waals surface area contributed by atoms with Crippen molar-refractivity contribution in [3.63, 3.8) is 0 Å². The van der Waals surface area contributed by atoms with E-state index in [4.69, 9.17) is 0 Å². The van der Waals surface area contributed by atoms with E-state index in [1.807, 2.05) is 6.07 Å². The summed E-state index contributed by atoms with van der Waals surface area (Å²) in [6.45, 7) is 3.04. The summed E-state index contributed by atoms with van der Waals surface area (Å²) in [7, 11) is 0. The summed E-state index contributed by atoms with van der Waals surface area (Å²) in [6.07, 6.45) is 12.4. The van der Waals surface area contributed by atoms with Gasteiger partial charge >= 0.3 is 0 Å². The van der Waals surface area contributed by atoms with Gasteiger partial charge in [0.15, 0.2) is 0 Å². The molecule has 116 valence electrons. The highest BCUT2D eigenvalue weighted by Crippen LogP contribution is 2.22. The second-order valence-electron chi connectivity index (χ2n) is 6.21. The summed E-state index contributed by atoms with van der Waals surface area (Å²) in [6, 6.07) is 6.24. The number of carbonyl (C=O) groups excluding carboxylic acids is 1. The van der Waals surface area contributed by atoms with Gasteiger partial charge in [-0.1, -0.05) is 45.1 Å². The molecular weight excluding hydrogens is 258 g/mol. The van der Waals surface area contributed by atoms with Crippen LogP contribution in [0, 0.1) is 0 Å². The molecule has 0 radical (unpaired) electrons. The lowest BCUT2D eigenvalue weighted by Crippen LogP contribution is -2.24. The molecule has 0 unspecified atom stereocenters. The Kier molecular flexibility index (Phi) is 6.78. The first-order valence-electron chi connectivity index (χ1n) is 8.71. The summed E-state index contributed by atoms with van der Waals surface area (Å²) in [5.41, 5.74) is 3.66. The Balaban J connectivity index is 1.71. The van der Waals surface area contributed by atoms with Crippen LogP contribution in [0.1, 0.15) is 79.8 Å². The fourth-order valence-electron chi connectivity index (χ4n) is 3.08. The van der Waals surface area contributed by atoms with Crippen molar-refractivity contribution in [1.82, 2.24) is 5.32 Å². The van der Waals surface area contributed by atoms with Crippen molar-refractivity contribution >= 4 is 5.91 Å². The summed E-state index contributed by atoms with van der Waals surface area (Å²) in [5.74, 6) is 0.0944. The average molecular weight is 287 g/mol. The zero-order chi connectivity index (χ0) is 14.9. The van der Waals surface area contributed by atoms with Crippen molar-refractivity contribution in [1.29, 1.82) is 0 Å². The van der Waals surface area contributed by atoms with Crippen molar-refractivity contribution in [2.75, 3.05) is 6.54 Å². The third kappa shape index (κ3) is 5.18. The molecule has 1 aliphatic carbocycles. The van der Waals surface area contributed by atoms with Crippen LogP contribution in [0.15, 0.2) is 18.2 Å². The van der Waals surface area contributed by atoms with Gasteiger partial charge in [0.25, 0.3) is 5.91 Å². The third-order valence-electron chi connectivity index (χ3n) is 4.43. The smallest absolute Gasteiger partial charge is 0.251 e. The van der Waals surface area contributed by atoms with E-state index in [2.05, 4.69) is 24.4 Å². The summed E-state index contributed by atoms with van der Waals surface area (Å²) in [4.78, 5) is 12.2. The molecule has 0 heterocycles. The zero-order valence-corrected chi connectivity index (χ0v) is 13.4. The van der Waals surface area contributed by atoms with E-state index in [9.17, 15) is 4.79 Å². The number of fused-ring (bicyclic) bond motifs is 1. The first-order valence-corrected chi connectivity index (χ1v) is 8.71. The van der Waals surface area contributed by atoms with Gasteiger partial charge in [0, 0.05) is 12.1 Å². The molecule has 0 aromatic heterocycles. The Morgan fingerprint density at radius 2 is 1.71 bits per heavy atom. The van der Waals surface area contributed by atoms with Gasteiger partial charge < -0.3 is 5.32 Å². The highest BCUT2D eigenvalue weighted by molar-refractivity contribution is 5.94. The summed E-state index contributed by atoms with van der Waals surface area (Å²) < 4.78 is 0. The molecule has 2 heteroatoms. The van der Waals surface area contributed by atoms with E-state index in [1.165, 1.54) is 62.5 Å². The van der Waals surface area contributed by atoms with Crippen LogP contribution in [0.25, 0.3) is 0 Å². The predicted octanol–water partition coefficient (Wildman–Crippen LogP) is 4.66. The van der Waals surface area contributed by atoms with E-state index in [0.29, 0.717) is 0 Å². The van der Waals surface area contributed by atoms with Crippen molar-refractivity contribution in [3.8, 4) is 0 Å². The van der Waals surface area contributed by atoms with E-state index >= 15 is 0 Å². The Hall–Kier alpha value is -1.31. The predicted molar refractivity (Wildman–Crippen MR) is 88.8 cm³/mol. The third-order valence-corrected chi connectivity index (χ3v) is 4.43. The molecule has 0 atom stereocenters. The maximum atomic E-state index is 12.2. The fourth-order valence-corrected chi connectivity index (χ4v) is 3.08. The van der Waals surface area contributed by atoms with Crippen LogP contribution in [-0.2, 0) is 12.8 Å². The SMILES string of the molecule is CCCCCCCCNC(=O)c1ccc2c(c1)CCCC2. The molecule has 2 nitrogen and oxygen atoms in total. The number of hydrogen-bond acceptors (Lipinski definition) is 1. The number of hydrogen-bond donors (Lipinski definition) is 1. The molecule has 0 saturated heterocycles. The lowest BCUT2D eigenvalue weighted by atomic mass is 9.90. The molecular formula is C19H29NO. The minimum atomic E-state index is 0.0944.